The highest BCUT2D eigenvalue weighted by molar-refractivity contribution is 7.47. The Labute approximate surface area is 301 Å². The van der Waals surface area contributed by atoms with Crippen molar-refractivity contribution < 1.29 is 47.5 Å². The lowest BCUT2D eigenvalue weighted by Gasteiger charge is -2.20. The fraction of sp³-hybridized carbons (Fsp3) is 0.711. The van der Waals surface area contributed by atoms with Gasteiger partial charge < -0.3 is 25.2 Å². The van der Waals surface area contributed by atoms with Crippen molar-refractivity contribution in [1.29, 1.82) is 0 Å². The minimum absolute atomic E-state index is 0.144. The van der Waals surface area contributed by atoms with Gasteiger partial charge in [-0.3, -0.25) is 23.4 Å². The number of ether oxygens (including phenoxy) is 2. The highest BCUT2D eigenvalue weighted by Gasteiger charge is 2.28. The Morgan fingerprint density at radius 3 is 1.68 bits per heavy atom. The van der Waals surface area contributed by atoms with Gasteiger partial charge in [0.1, 0.15) is 12.6 Å². The van der Waals surface area contributed by atoms with Crippen LogP contribution in [-0.2, 0) is 37.5 Å². The number of hydrogen-bond acceptors (Lipinski definition) is 9. The molecule has 3 unspecified atom stereocenters. The fourth-order valence-corrected chi connectivity index (χ4v) is 5.42. The Balaban J connectivity index is 4.39. The van der Waals surface area contributed by atoms with Gasteiger partial charge in [-0.25, -0.2) is 4.57 Å². The van der Waals surface area contributed by atoms with Crippen molar-refractivity contribution in [2.75, 3.05) is 19.8 Å². The van der Waals surface area contributed by atoms with E-state index in [0.717, 1.165) is 83.5 Å². The van der Waals surface area contributed by atoms with Gasteiger partial charge >= 0.3 is 25.7 Å². The highest BCUT2D eigenvalue weighted by Crippen LogP contribution is 2.43. The summed E-state index contributed by atoms with van der Waals surface area (Å²) in [6.45, 7) is 2.59. The summed E-state index contributed by atoms with van der Waals surface area (Å²) in [7, 11) is -4.71. The van der Waals surface area contributed by atoms with Crippen LogP contribution in [-0.4, -0.2) is 59.9 Å². The predicted molar refractivity (Wildman–Crippen MR) is 198 cm³/mol. The average molecular weight is 728 g/mol. The van der Waals surface area contributed by atoms with Crippen molar-refractivity contribution in [3.63, 3.8) is 0 Å². The third-order valence-electron chi connectivity index (χ3n) is 7.59. The van der Waals surface area contributed by atoms with E-state index in [0.29, 0.717) is 12.8 Å². The lowest BCUT2D eigenvalue weighted by Crippen LogP contribution is -2.34. The molecule has 288 valence electrons. The van der Waals surface area contributed by atoms with Crippen LogP contribution in [0.2, 0.25) is 0 Å². The predicted octanol–water partition coefficient (Wildman–Crippen LogP) is 9.05. The van der Waals surface area contributed by atoms with Gasteiger partial charge in [-0.2, -0.15) is 0 Å². The maximum Gasteiger partial charge on any atom is 0.472 e. The number of allylic oxidation sites excluding steroid dienone is 8. The zero-order valence-corrected chi connectivity index (χ0v) is 31.6. The zero-order valence-electron chi connectivity index (χ0n) is 30.7. The van der Waals surface area contributed by atoms with Gasteiger partial charge in [-0.1, -0.05) is 127 Å². The Morgan fingerprint density at radius 1 is 0.640 bits per heavy atom. The van der Waals surface area contributed by atoms with E-state index >= 15 is 0 Å². The van der Waals surface area contributed by atoms with E-state index in [1.165, 1.54) is 19.3 Å². The highest BCUT2D eigenvalue weighted by atomic mass is 31.2. The molecule has 0 aliphatic heterocycles. The molecular weight excluding hydrogens is 661 g/mol. The molecule has 0 bridgehead atoms. The van der Waals surface area contributed by atoms with E-state index in [1.807, 2.05) is 0 Å². The van der Waals surface area contributed by atoms with Crippen molar-refractivity contribution >= 4 is 25.7 Å². The van der Waals surface area contributed by atoms with Gasteiger partial charge in [0.25, 0.3) is 0 Å². The van der Waals surface area contributed by atoms with E-state index in [2.05, 4.69) is 67.0 Å². The van der Waals surface area contributed by atoms with Crippen LogP contribution in [0.3, 0.4) is 0 Å². The number of carbonyl (C=O) groups is 3. The lowest BCUT2D eigenvalue weighted by molar-refractivity contribution is -0.161. The molecule has 11 nitrogen and oxygen atoms in total. The second-order valence-corrected chi connectivity index (χ2v) is 13.8. The number of rotatable bonds is 34. The molecule has 0 aliphatic rings. The Bertz CT molecular complexity index is 1040. The SMILES string of the molecule is CC/C=C\C/C=C\C/C=C\C/C=C\CCCCCCCCC(=O)OC(COC(=O)CCCCCCCCC)COP(=O)(O)OCC(N)C(=O)O. The first kappa shape index (κ1) is 47.4. The average Bonchev–Trinajstić information content (AvgIpc) is 3.09. The van der Waals surface area contributed by atoms with Crippen LogP contribution < -0.4 is 5.73 Å². The summed E-state index contributed by atoms with van der Waals surface area (Å²) >= 11 is 0. The lowest BCUT2D eigenvalue weighted by atomic mass is 10.1. The minimum atomic E-state index is -4.71. The number of phosphoric acid groups is 1. The molecule has 12 heteroatoms. The summed E-state index contributed by atoms with van der Waals surface area (Å²) in [5, 5.41) is 8.84. The summed E-state index contributed by atoms with van der Waals surface area (Å²) in [6, 6.07) is -1.52. The van der Waals surface area contributed by atoms with E-state index in [1.54, 1.807) is 0 Å². The zero-order chi connectivity index (χ0) is 37.1. The Morgan fingerprint density at radius 2 is 1.12 bits per heavy atom. The third kappa shape index (κ3) is 32.6. The Kier molecular flexibility index (Phi) is 31.9. The van der Waals surface area contributed by atoms with Crippen molar-refractivity contribution in [1.82, 2.24) is 0 Å². The molecule has 0 aliphatic carbocycles. The second kappa shape index (κ2) is 33.6. The van der Waals surface area contributed by atoms with Crippen LogP contribution in [0.4, 0.5) is 0 Å². The van der Waals surface area contributed by atoms with Gasteiger partial charge in [0.2, 0.25) is 0 Å². The minimum Gasteiger partial charge on any atom is -0.480 e. The van der Waals surface area contributed by atoms with Gasteiger partial charge in [0.05, 0.1) is 13.2 Å². The van der Waals surface area contributed by atoms with Crippen LogP contribution in [0.5, 0.6) is 0 Å². The number of carboxylic acids is 1. The van der Waals surface area contributed by atoms with E-state index in [9.17, 15) is 23.8 Å². The van der Waals surface area contributed by atoms with Crippen LogP contribution in [0, 0.1) is 0 Å². The monoisotopic (exact) mass is 727 g/mol. The molecule has 0 spiro atoms. The maximum atomic E-state index is 12.5. The molecule has 0 radical (unpaired) electrons. The number of nitrogens with two attached hydrogens (primary N) is 1. The number of carboxylic acid groups (broad SMARTS) is 1. The van der Waals surface area contributed by atoms with Crippen molar-refractivity contribution in [2.45, 2.75) is 154 Å². The van der Waals surface area contributed by atoms with Gasteiger partial charge in [0.15, 0.2) is 6.10 Å². The van der Waals surface area contributed by atoms with Crippen LogP contribution >= 0.6 is 7.82 Å². The quantitative estimate of drug-likeness (QED) is 0.0250. The van der Waals surface area contributed by atoms with E-state index in [-0.39, 0.29) is 19.4 Å². The first-order chi connectivity index (χ1) is 24.1. The number of phosphoric ester groups is 1. The van der Waals surface area contributed by atoms with Crippen molar-refractivity contribution in [3.8, 4) is 0 Å². The first-order valence-corrected chi connectivity index (χ1v) is 20.2. The molecule has 3 atom stereocenters. The number of esters is 2. The summed E-state index contributed by atoms with van der Waals surface area (Å²) < 4.78 is 32.4. The van der Waals surface area contributed by atoms with Crippen molar-refractivity contribution in [2.24, 2.45) is 5.73 Å². The summed E-state index contributed by atoms with van der Waals surface area (Å²) in [6.07, 6.45) is 34.9. The summed E-state index contributed by atoms with van der Waals surface area (Å²) in [4.78, 5) is 45.6. The molecule has 4 N–H and O–H groups in total. The largest absolute Gasteiger partial charge is 0.480 e. The van der Waals surface area contributed by atoms with Crippen molar-refractivity contribution in [3.05, 3.63) is 48.6 Å². The van der Waals surface area contributed by atoms with Crippen LogP contribution in [0.25, 0.3) is 0 Å². The van der Waals surface area contributed by atoms with E-state index < -0.39 is 51.1 Å². The standard InChI is InChI=1S/C38H66NO10P/c1-3-5-7-9-11-12-13-14-15-16-17-18-19-20-21-22-24-26-28-30-37(41)49-34(32-47-50(44,45)48-33-35(39)38(42)43)31-46-36(40)29-27-25-23-10-8-6-4-2/h5,7,11-12,14-15,17-18,34-35H,3-4,6,8-10,13,16,19-33,39H2,1-2H3,(H,42,43)(H,44,45)/b7-5-,12-11-,15-14-,18-17-. The van der Waals surface area contributed by atoms with E-state index in [4.69, 9.17) is 24.8 Å². The molecule has 0 aromatic rings. The summed E-state index contributed by atoms with van der Waals surface area (Å²) in [5.74, 6) is -2.41. The maximum absolute atomic E-state index is 12.5. The molecule has 0 aromatic carbocycles. The molecule has 0 saturated heterocycles. The number of hydrogen-bond donors (Lipinski definition) is 3. The molecule has 0 heterocycles. The molecule has 0 amide bonds. The number of carbonyl (C=O) groups excluding carboxylic acids is 2. The smallest absolute Gasteiger partial charge is 0.472 e. The first-order valence-electron chi connectivity index (χ1n) is 18.7. The normalized spacial score (nSPS) is 14.5. The molecule has 50 heavy (non-hydrogen) atoms. The topological polar surface area (TPSA) is 172 Å². The number of unbranched alkanes of at least 4 members (excludes halogenated alkanes) is 12. The third-order valence-corrected chi connectivity index (χ3v) is 8.54. The molecule has 0 saturated carbocycles. The molecule has 0 fully saturated rings. The molecule has 0 aromatic heterocycles. The fourth-order valence-electron chi connectivity index (χ4n) is 4.64. The van der Waals surface area contributed by atoms with Gasteiger partial charge in [-0.15, -0.1) is 0 Å². The number of aliphatic carboxylic acids is 1. The van der Waals surface area contributed by atoms with Crippen LogP contribution in [0.1, 0.15) is 142 Å². The van der Waals surface area contributed by atoms with Gasteiger partial charge in [0, 0.05) is 12.8 Å². The molecular formula is C38H66NO10P. The van der Waals surface area contributed by atoms with Crippen LogP contribution in [0.15, 0.2) is 48.6 Å². The molecule has 0 rings (SSSR count). The second-order valence-electron chi connectivity index (χ2n) is 12.3. The van der Waals surface area contributed by atoms with Gasteiger partial charge in [-0.05, 0) is 51.4 Å². The summed E-state index contributed by atoms with van der Waals surface area (Å²) in [5.41, 5.74) is 5.30. The Hall–Kier alpha value is -2.56.